The number of carbonyl (C=O) groups is 6. The Morgan fingerprint density at radius 1 is 0.833 bits per heavy atom. The van der Waals surface area contributed by atoms with Crippen LogP contribution in [-0.4, -0.2) is 96.4 Å². The standard InChI is InChI=1S/C31H40N4O9S2.2Na/c1-14(2)13-44-17-9-7-15(8-10-17)11-16(23(37)33-20-25(39)35-22(29(42)43)31(5,6)46-27(20)35)12-18(36)32-19-24(38)34-21(28(40)41)30(3,4)45-26(19)34;;/h7-10,14,16,19-22,26-27H,11-13H2,1-6H3,(H,32,36)(H,33,37)(H,40,41)(H,42,43);;/q;2*+1/p-2. The summed E-state index contributed by atoms with van der Waals surface area (Å²) in [6.07, 6.45) is -0.191. The van der Waals surface area contributed by atoms with Gasteiger partial charge in [-0.25, -0.2) is 0 Å². The van der Waals surface area contributed by atoms with E-state index in [1.54, 1.807) is 52.0 Å². The summed E-state index contributed by atoms with van der Waals surface area (Å²) < 4.78 is 4.09. The molecule has 0 bridgehead atoms. The molecule has 7 unspecified atom stereocenters. The zero-order valence-electron chi connectivity index (χ0n) is 28.4. The molecule has 250 valence electrons. The molecular formula is C31H38N4Na2O9S2. The minimum atomic E-state index is -1.37. The van der Waals surface area contributed by atoms with Gasteiger partial charge < -0.3 is 45.0 Å². The Bertz CT molecular complexity index is 1460. The summed E-state index contributed by atoms with van der Waals surface area (Å²) in [5, 5.41) is 27.8. The van der Waals surface area contributed by atoms with E-state index in [1.165, 1.54) is 33.3 Å². The van der Waals surface area contributed by atoms with Crippen molar-refractivity contribution in [3.8, 4) is 5.75 Å². The molecule has 2 N–H and O–H groups in total. The first-order chi connectivity index (χ1) is 21.4. The van der Waals surface area contributed by atoms with Crippen LogP contribution in [0.25, 0.3) is 0 Å². The molecule has 17 heteroatoms. The Kier molecular flexibility index (Phi) is 13.2. The average molecular weight is 721 g/mol. The number of nitrogens with one attached hydrogen (secondary N) is 2. The topological polar surface area (TPSA) is 188 Å². The van der Waals surface area contributed by atoms with Gasteiger partial charge in [0.25, 0.3) is 0 Å². The molecule has 4 amide bonds. The van der Waals surface area contributed by atoms with E-state index in [4.69, 9.17) is 4.74 Å². The number of aliphatic carboxylic acids is 2. The van der Waals surface area contributed by atoms with Crippen LogP contribution in [0.15, 0.2) is 24.3 Å². The predicted molar refractivity (Wildman–Crippen MR) is 165 cm³/mol. The number of β-lactam (4-membered cyclic amide) rings is 2. The van der Waals surface area contributed by atoms with Gasteiger partial charge in [-0.2, -0.15) is 0 Å². The van der Waals surface area contributed by atoms with Gasteiger partial charge in [0.15, 0.2) is 0 Å². The van der Waals surface area contributed by atoms with Crippen molar-refractivity contribution in [2.75, 3.05) is 6.61 Å². The molecule has 0 aromatic heterocycles. The molecule has 4 aliphatic rings. The SMILES string of the molecule is CC(C)COc1ccc(CC(CC(=O)NC2C(=O)N3C2SC(C)(C)C3C(=O)[O-])C(=O)NC2C(=O)N3C2SC(C)(C)C3C(=O)[O-])cc1.[Na+].[Na+]. The number of ether oxygens (including phenoxy) is 1. The van der Waals surface area contributed by atoms with Crippen LogP contribution in [-0.2, 0) is 35.2 Å². The zero-order chi connectivity index (χ0) is 33.9. The number of hydrogen-bond acceptors (Lipinski definition) is 11. The van der Waals surface area contributed by atoms with E-state index < -0.39 is 85.9 Å². The van der Waals surface area contributed by atoms with Crippen molar-refractivity contribution in [3.05, 3.63) is 29.8 Å². The number of carbonyl (C=O) groups excluding carboxylic acids is 6. The predicted octanol–water partition coefficient (Wildman–Crippen LogP) is -7.13. The van der Waals surface area contributed by atoms with Gasteiger partial charge in [0, 0.05) is 15.9 Å². The summed E-state index contributed by atoms with van der Waals surface area (Å²) in [4.78, 5) is 78.9. The largest absolute Gasteiger partial charge is 1.00 e. The van der Waals surface area contributed by atoms with Crippen LogP contribution in [0.4, 0.5) is 0 Å². The second kappa shape index (κ2) is 15.4. The van der Waals surface area contributed by atoms with Gasteiger partial charge in [-0.3, -0.25) is 19.2 Å². The van der Waals surface area contributed by atoms with E-state index in [2.05, 4.69) is 10.6 Å². The quantitative estimate of drug-likeness (QED) is 0.154. The maximum Gasteiger partial charge on any atom is 1.00 e. The number of carboxylic acid groups (broad SMARTS) is 2. The molecule has 0 radical (unpaired) electrons. The smallest absolute Gasteiger partial charge is 0.548 e. The molecule has 1 aromatic carbocycles. The molecule has 4 saturated heterocycles. The van der Waals surface area contributed by atoms with Crippen molar-refractivity contribution in [1.82, 2.24) is 20.4 Å². The summed E-state index contributed by atoms with van der Waals surface area (Å²) in [5.74, 6) is -4.93. The molecule has 7 atom stereocenters. The van der Waals surface area contributed by atoms with Crippen LogP contribution in [0.1, 0.15) is 53.5 Å². The molecule has 0 aliphatic carbocycles. The van der Waals surface area contributed by atoms with Crippen LogP contribution in [0, 0.1) is 11.8 Å². The van der Waals surface area contributed by atoms with Crippen molar-refractivity contribution >= 4 is 59.1 Å². The van der Waals surface area contributed by atoms with Crippen molar-refractivity contribution < 1.29 is 103 Å². The maximum absolute atomic E-state index is 13.7. The number of amides is 4. The van der Waals surface area contributed by atoms with Gasteiger partial charge in [0.1, 0.15) is 28.6 Å². The number of thioether (sulfide) groups is 2. The fourth-order valence-electron chi connectivity index (χ4n) is 6.51. The molecule has 4 aliphatic heterocycles. The van der Waals surface area contributed by atoms with E-state index in [0.29, 0.717) is 18.3 Å². The maximum atomic E-state index is 13.7. The number of hydrogen-bond donors (Lipinski definition) is 2. The van der Waals surface area contributed by atoms with Gasteiger partial charge in [-0.15, -0.1) is 23.5 Å². The normalized spacial score (nSPS) is 28.1. The molecule has 5 rings (SSSR count). The van der Waals surface area contributed by atoms with E-state index in [9.17, 15) is 39.0 Å². The zero-order valence-corrected chi connectivity index (χ0v) is 34.1. The molecule has 0 spiro atoms. The van der Waals surface area contributed by atoms with Gasteiger partial charge in [0.2, 0.25) is 23.6 Å². The summed E-state index contributed by atoms with van der Waals surface area (Å²) in [5.41, 5.74) is 0.732. The van der Waals surface area contributed by atoms with Crippen LogP contribution in [0.5, 0.6) is 5.75 Å². The summed E-state index contributed by atoms with van der Waals surface area (Å²) in [6, 6.07) is 2.90. The first kappa shape index (κ1) is 41.0. The van der Waals surface area contributed by atoms with Crippen molar-refractivity contribution in [1.29, 1.82) is 0 Å². The van der Waals surface area contributed by atoms with Crippen molar-refractivity contribution in [3.63, 3.8) is 0 Å². The first-order valence-electron chi connectivity index (χ1n) is 15.2. The van der Waals surface area contributed by atoms with Crippen LogP contribution in [0.3, 0.4) is 0 Å². The molecule has 0 saturated carbocycles. The van der Waals surface area contributed by atoms with Gasteiger partial charge >= 0.3 is 59.1 Å². The monoisotopic (exact) mass is 720 g/mol. The summed E-state index contributed by atoms with van der Waals surface area (Å²) in [7, 11) is 0. The Labute approximate surface area is 332 Å². The Hall–Kier alpha value is -1.46. The molecule has 4 heterocycles. The summed E-state index contributed by atoms with van der Waals surface area (Å²) >= 11 is 2.52. The minimum Gasteiger partial charge on any atom is -0.548 e. The van der Waals surface area contributed by atoms with E-state index in [1.807, 2.05) is 13.8 Å². The number of rotatable bonds is 12. The fourth-order valence-corrected chi connectivity index (χ4v) is 9.75. The number of nitrogens with zero attached hydrogens (tertiary/aromatic N) is 2. The Morgan fingerprint density at radius 2 is 1.29 bits per heavy atom. The molecular weight excluding hydrogens is 682 g/mol. The third-order valence-electron chi connectivity index (χ3n) is 8.73. The molecule has 13 nitrogen and oxygen atoms in total. The first-order valence-corrected chi connectivity index (χ1v) is 16.9. The number of benzene rings is 1. The van der Waals surface area contributed by atoms with Gasteiger partial charge in [-0.05, 0) is 57.7 Å². The second-order valence-electron chi connectivity index (χ2n) is 13.6. The fraction of sp³-hybridized carbons (Fsp3) is 0.613. The second-order valence-corrected chi connectivity index (χ2v) is 17.2. The van der Waals surface area contributed by atoms with E-state index >= 15 is 0 Å². The van der Waals surface area contributed by atoms with Crippen LogP contribution in [0.2, 0.25) is 0 Å². The molecule has 4 fully saturated rings. The number of fused-ring (bicyclic) bond motifs is 2. The third-order valence-corrected chi connectivity index (χ3v) is 11.9. The average Bonchev–Trinajstić information content (AvgIpc) is 3.38. The van der Waals surface area contributed by atoms with Gasteiger partial charge in [-0.1, -0.05) is 26.0 Å². The van der Waals surface area contributed by atoms with E-state index in [0.717, 1.165) is 5.56 Å². The van der Waals surface area contributed by atoms with Crippen molar-refractivity contribution in [2.45, 2.75) is 98.8 Å². The molecule has 48 heavy (non-hydrogen) atoms. The minimum absolute atomic E-state index is 0. The third kappa shape index (κ3) is 7.88. The van der Waals surface area contributed by atoms with Gasteiger partial charge in [0.05, 0.1) is 36.5 Å². The molecule has 1 aromatic rings. The van der Waals surface area contributed by atoms with Crippen LogP contribution < -0.4 is 84.7 Å². The summed E-state index contributed by atoms with van der Waals surface area (Å²) in [6.45, 7) is 11.4. The number of carboxylic acids is 2. The van der Waals surface area contributed by atoms with Crippen LogP contribution >= 0.6 is 23.5 Å². The Balaban J connectivity index is 0.00000312. The van der Waals surface area contributed by atoms with E-state index in [-0.39, 0.29) is 72.0 Å². The van der Waals surface area contributed by atoms with Crippen molar-refractivity contribution in [2.24, 2.45) is 11.8 Å². The Morgan fingerprint density at radius 3 is 1.73 bits per heavy atom.